The second-order valence-corrected chi connectivity index (χ2v) is 8.68. The summed E-state index contributed by atoms with van der Waals surface area (Å²) in [5, 5.41) is 3.39. The zero-order valence-corrected chi connectivity index (χ0v) is 16.1. The fourth-order valence-electron chi connectivity index (χ4n) is 2.77. The smallest absolute Gasteiger partial charge is 0.260 e. The molecule has 0 aliphatic carbocycles. The molecule has 0 bridgehead atoms. The summed E-state index contributed by atoms with van der Waals surface area (Å²) in [6.07, 6.45) is 1.14. The van der Waals surface area contributed by atoms with Crippen LogP contribution in [0.1, 0.15) is 33.1 Å². The van der Waals surface area contributed by atoms with Gasteiger partial charge in [-0.05, 0) is 38.3 Å². The van der Waals surface area contributed by atoms with Crippen LogP contribution in [0.5, 0.6) is 5.75 Å². The number of benzene rings is 1. The molecule has 0 saturated carbocycles. The molecule has 0 spiro atoms. The molecule has 140 valence electrons. The lowest BCUT2D eigenvalue weighted by atomic mass is 10.1. The Bertz CT molecular complexity index is 688. The van der Waals surface area contributed by atoms with Crippen molar-refractivity contribution in [2.24, 2.45) is 0 Å². The van der Waals surface area contributed by atoms with Gasteiger partial charge < -0.3 is 10.1 Å². The monoisotopic (exact) mass is 388 g/mol. The van der Waals surface area contributed by atoms with Gasteiger partial charge in [0, 0.05) is 19.1 Å². The Morgan fingerprint density at radius 2 is 2.00 bits per heavy atom. The Morgan fingerprint density at radius 1 is 1.36 bits per heavy atom. The van der Waals surface area contributed by atoms with Crippen LogP contribution in [0.15, 0.2) is 24.3 Å². The zero-order valence-electron chi connectivity index (χ0n) is 14.6. The minimum Gasteiger partial charge on any atom is -0.479 e. The third kappa shape index (κ3) is 5.59. The molecule has 1 unspecified atom stereocenters. The van der Waals surface area contributed by atoms with Gasteiger partial charge in [-0.15, -0.1) is 0 Å². The highest BCUT2D eigenvalue weighted by atomic mass is 35.5. The summed E-state index contributed by atoms with van der Waals surface area (Å²) in [6.45, 7) is 4.39. The Labute approximate surface area is 154 Å². The molecule has 6 nitrogen and oxygen atoms in total. The molecule has 1 saturated heterocycles. The highest BCUT2D eigenvalue weighted by molar-refractivity contribution is 7.89. The van der Waals surface area contributed by atoms with Crippen molar-refractivity contribution in [2.45, 2.75) is 45.3 Å². The van der Waals surface area contributed by atoms with Gasteiger partial charge in [0.05, 0.1) is 10.8 Å². The first kappa shape index (κ1) is 20.0. The number of halogens is 1. The van der Waals surface area contributed by atoms with Crippen LogP contribution in [0.2, 0.25) is 5.02 Å². The molecule has 1 amide bonds. The summed E-state index contributed by atoms with van der Waals surface area (Å²) >= 11 is 6.03. The molecule has 0 aromatic heterocycles. The second kappa shape index (κ2) is 8.87. The van der Waals surface area contributed by atoms with Crippen molar-refractivity contribution in [3.05, 3.63) is 29.3 Å². The number of nitrogens with zero attached hydrogens (tertiary/aromatic N) is 1. The predicted molar refractivity (Wildman–Crippen MR) is 98.4 cm³/mol. The normalized spacial score (nSPS) is 17.9. The van der Waals surface area contributed by atoms with E-state index < -0.39 is 16.1 Å². The Morgan fingerprint density at radius 3 is 2.60 bits per heavy atom. The highest BCUT2D eigenvalue weighted by Crippen LogP contribution is 2.24. The van der Waals surface area contributed by atoms with Gasteiger partial charge in [-0.2, -0.15) is 0 Å². The van der Waals surface area contributed by atoms with Crippen molar-refractivity contribution in [3.63, 3.8) is 0 Å². The number of hydrogen-bond acceptors (Lipinski definition) is 4. The topological polar surface area (TPSA) is 75.7 Å². The van der Waals surface area contributed by atoms with E-state index >= 15 is 0 Å². The summed E-state index contributed by atoms with van der Waals surface area (Å²) < 4.78 is 31.2. The van der Waals surface area contributed by atoms with E-state index in [1.165, 1.54) is 4.31 Å². The van der Waals surface area contributed by atoms with Gasteiger partial charge >= 0.3 is 0 Å². The predicted octanol–water partition coefficient (Wildman–Crippen LogP) is 2.43. The third-order valence-corrected chi connectivity index (χ3v) is 6.55. The number of nitrogens with one attached hydrogen (secondary N) is 1. The summed E-state index contributed by atoms with van der Waals surface area (Å²) in [5.41, 5.74) is 0. The molecule has 8 heteroatoms. The zero-order chi connectivity index (χ0) is 18.4. The fourth-order valence-corrected chi connectivity index (χ4v) is 4.49. The summed E-state index contributed by atoms with van der Waals surface area (Å²) in [4.78, 5) is 12.3. The van der Waals surface area contributed by atoms with Crippen molar-refractivity contribution >= 4 is 27.5 Å². The number of para-hydroxylation sites is 1. The fraction of sp³-hybridized carbons (Fsp3) is 0.588. The number of piperidine rings is 1. The van der Waals surface area contributed by atoms with Crippen LogP contribution in [0, 0.1) is 0 Å². The van der Waals surface area contributed by atoms with Crippen LogP contribution < -0.4 is 10.1 Å². The van der Waals surface area contributed by atoms with Crippen LogP contribution in [0.4, 0.5) is 0 Å². The molecule has 2 rings (SSSR count). The molecule has 0 radical (unpaired) electrons. The summed E-state index contributed by atoms with van der Waals surface area (Å²) in [5.74, 6) is 0.411. The van der Waals surface area contributed by atoms with Gasteiger partial charge in [0.15, 0.2) is 6.10 Å². The standard InChI is InChI=1S/C17H25ClN2O4S/c1-3-12-25(22,23)20-10-8-14(9-11-20)19-17(21)13(2)24-16-7-5-4-6-15(16)18/h4-7,13-14H,3,8-12H2,1-2H3,(H,19,21). The summed E-state index contributed by atoms with van der Waals surface area (Å²) in [6, 6.07) is 6.95. The molecular weight excluding hydrogens is 364 g/mol. The van der Waals surface area contributed by atoms with Crippen molar-refractivity contribution < 1.29 is 17.9 Å². The quantitative estimate of drug-likeness (QED) is 0.778. The van der Waals surface area contributed by atoms with Crippen LogP contribution in [-0.4, -0.2) is 49.6 Å². The molecule has 1 aromatic carbocycles. The van der Waals surface area contributed by atoms with E-state index in [4.69, 9.17) is 16.3 Å². The molecule has 1 aliphatic rings. The number of carbonyl (C=O) groups is 1. The maximum Gasteiger partial charge on any atom is 0.260 e. The second-order valence-electron chi connectivity index (χ2n) is 6.19. The van der Waals surface area contributed by atoms with Crippen LogP contribution in [0.3, 0.4) is 0 Å². The molecule has 25 heavy (non-hydrogen) atoms. The lowest BCUT2D eigenvalue weighted by Crippen LogP contribution is -2.49. The average molecular weight is 389 g/mol. The molecule has 1 aliphatic heterocycles. The van der Waals surface area contributed by atoms with Gasteiger partial charge in [-0.3, -0.25) is 4.79 Å². The van der Waals surface area contributed by atoms with E-state index in [0.29, 0.717) is 43.1 Å². The Kier molecular flexibility index (Phi) is 7.10. The van der Waals surface area contributed by atoms with E-state index in [1.54, 1.807) is 31.2 Å². The number of sulfonamides is 1. The molecule has 1 aromatic rings. The minimum atomic E-state index is -3.17. The van der Waals surface area contributed by atoms with E-state index in [2.05, 4.69) is 5.32 Å². The maximum atomic E-state index is 12.3. The molecule has 1 heterocycles. The van der Waals surface area contributed by atoms with Gasteiger partial charge in [0.1, 0.15) is 5.75 Å². The lowest BCUT2D eigenvalue weighted by molar-refractivity contribution is -0.128. The van der Waals surface area contributed by atoms with Crippen molar-refractivity contribution in [1.29, 1.82) is 0 Å². The van der Waals surface area contributed by atoms with E-state index in [1.807, 2.05) is 6.92 Å². The number of ether oxygens (including phenoxy) is 1. The molecular formula is C17H25ClN2O4S. The lowest BCUT2D eigenvalue weighted by Gasteiger charge is -2.32. The van der Waals surface area contributed by atoms with E-state index in [0.717, 1.165) is 0 Å². The Balaban J connectivity index is 1.83. The van der Waals surface area contributed by atoms with Crippen LogP contribution in [0.25, 0.3) is 0 Å². The number of rotatable bonds is 7. The van der Waals surface area contributed by atoms with Crippen molar-refractivity contribution in [3.8, 4) is 5.75 Å². The number of hydrogen-bond donors (Lipinski definition) is 1. The largest absolute Gasteiger partial charge is 0.479 e. The van der Waals surface area contributed by atoms with Crippen molar-refractivity contribution in [2.75, 3.05) is 18.8 Å². The first-order chi connectivity index (χ1) is 11.8. The van der Waals surface area contributed by atoms with Gasteiger partial charge in [-0.25, -0.2) is 12.7 Å². The molecule has 1 fully saturated rings. The molecule has 1 atom stereocenters. The van der Waals surface area contributed by atoms with E-state index in [-0.39, 0.29) is 17.7 Å². The van der Waals surface area contributed by atoms with Gasteiger partial charge in [0.25, 0.3) is 5.91 Å². The van der Waals surface area contributed by atoms with Crippen molar-refractivity contribution in [1.82, 2.24) is 9.62 Å². The minimum absolute atomic E-state index is 0.0436. The average Bonchev–Trinajstić information content (AvgIpc) is 2.57. The van der Waals surface area contributed by atoms with Crippen LogP contribution >= 0.6 is 11.6 Å². The Hall–Kier alpha value is -1.31. The first-order valence-electron chi connectivity index (χ1n) is 8.53. The highest BCUT2D eigenvalue weighted by Gasteiger charge is 2.29. The van der Waals surface area contributed by atoms with E-state index in [9.17, 15) is 13.2 Å². The SMILES string of the molecule is CCCS(=O)(=O)N1CCC(NC(=O)C(C)Oc2ccccc2Cl)CC1. The maximum absolute atomic E-state index is 12.3. The number of carbonyl (C=O) groups excluding carboxylic acids is 1. The summed E-state index contributed by atoms with van der Waals surface area (Å²) in [7, 11) is -3.17. The van der Waals surface area contributed by atoms with Gasteiger partial charge in [-0.1, -0.05) is 30.7 Å². The first-order valence-corrected chi connectivity index (χ1v) is 10.5. The molecule has 1 N–H and O–H groups in total. The van der Waals surface area contributed by atoms with Crippen LogP contribution in [-0.2, 0) is 14.8 Å². The number of amides is 1. The third-order valence-electron chi connectivity index (χ3n) is 4.17. The van der Waals surface area contributed by atoms with Gasteiger partial charge in [0.2, 0.25) is 10.0 Å².